The van der Waals surface area contributed by atoms with Crippen LogP contribution < -0.4 is 5.32 Å². The van der Waals surface area contributed by atoms with Crippen LogP contribution in [0.2, 0.25) is 0 Å². The lowest BCUT2D eigenvalue weighted by molar-refractivity contribution is 0.0505. The van der Waals surface area contributed by atoms with Crippen LogP contribution in [0.3, 0.4) is 0 Å². The summed E-state index contributed by atoms with van der Waals surface area (Å²) >= 11 is 0. The lowest BCUT2D eigenvalue weighted by Crippen LogP contribution is -2.31. The van der Waals surface area contributed by atoms with Crippen LogP contribution in [0.25, 0.3) is 0 Å². The van der Waals surface area contributed by atoms with Crippen LogP contribution in [0, 0.1) is 5.82 Å². The molecule has 0 saturated heterocycles. The van der Waals surface area contributed by atoms with E-state index in [2.05, 4.69) is 5.32 Å². The standard InChI is InChI=1S/C21H25FN2O5S/c1-4-13-29-21(26)15-7-10-17(11-8-15)23-20(25)16-9-12-18(22)19(14-16)30(27,28)24(5-2)6-3/h7-12,14H,4-6,13H2,1-3H3,(H,23,25). The summed E-state index contributed by atoms with van der Waals surface area (Å²) in [6.07, 6.45) is 0.712. The topological polar surface area (TPSA) is 92.8 Å². The van der Waals surface area contributed by atoms with E-state index in [1.807, 2.05) is 6.92 Å². The SMILES string of the molecule is CCCOC(=O)c1ccc(NC(=O)c2ccc(F)c(S(=O)(=O)N(CC)CC)c2)cc1. The van der Waals surface area contributed by atoms with Crippen molar-refractivity contribution >= 4 is 27.6 Å². The van der Waals surface area contributed by atoms with Crippen LogP contribution in [0.4, 0.5) is 10.1 Å². The number of hydrogen-bond donors (Lipinski definition) is 1. The summed E-state index contributed by atoms with van der Waals surface area (Å²) in [7, 11) is -4.06. The third-order valence-corrected chi connectivity index (χ3v) is 6.40. The summed E-state index contributed by atoms with van der Waals surface area (Å²) < 4.78 is 45.6. The Labute approximate surface area is 175 Å². The van der Waals surface area contributed by atoms with Crippen LogP contribution in [-0.4, -0.2) is 44.3 Å². The first-order chi connectivity index (χ1) is 14.2. The minimum Gasteiger partial charge on any atom is -0.462 e. The Morgan fingerprint density at radius 2 is 1.60 bits per heavy atom. The molecule has 0 fully saturated rings. The molecule has 162 valence electrons. The lowest BCUT2D eigenvalue weighted by atomic mass is 10.2. The molecule has 0 aliphatic carbocycles. The third-order valence-electron chi connectivity index (χ3n) is 4.33. The molecule has 2 aromatic carbocycles. The molecule has 0 saturated carbocycles. The summed E-state index contributed by atoms with van der Waals surface area (Å²) in [5.74, 6) is -1.99. The maximum atomic E-state index is 14.2. The molecule has 9 heteroatoms. The molecule has 0 aromatic heterocycles. The van der Waals surface area contributed by atoms with Crippen molar-refractivity contribution in [2.24, 2.45) is 0 Å². The van der Waals surface area contributed by atoms with E-state index in [0.717, 1.165) is 16.4 Å². The summed E-state index contributed by atoms with van der Waals surface area (Å²) in [5, 5.41) is 2.60. The number of sulfonamides is 1. The van der Waals surface area contributed by atoms with Gasteiger partial charge in [-0.3, -0.25) is 4.79 Å². The Bertz CT molecular complexity index is 1000. The Morgan fingerprint density at radius 1 is 1.00 bits per heavy atom. The Hall–Kier alpha value is -2.78. The largest absolute Gasteiger partial charge is 0.462 e. The first kappa shape index (κ1) is 23.5. The molecule has 7 nitrogen and oxygen atoms in total. The third kappa shape index (κ3) is 5.43. The molecular formula is C21H25FN2O5S. The van der Waals surface area contributed by atoms with Crippen LogP contribution in [0.1, 0.15) is 47.9 Å². The number of esters is 1. The number of nitrogens with zero attached hydrogens (tertiary/aromatic N) is 1. The van der Waals surface area contributed by atoms with E-state index >= 15 is 0 Å². The highest BCUT2D eigenvalue weighted by Crippen LogP contribution is 2.21. The van der Waals surface area contributed by atoms with Crippen molar-refractivity contribution in [3.63, 3.8) is 0 Å². The van der Waals surface area contributed by atoms with Gasteiger partial charge in [0.15, 0.2) is 0 Å². The van der Waals surface area contributed by atoms with Gasteiger partial charge in [0.2, 0.25) is 10.0 Å². The van der Waals surface area contributed by atoms with Crippen LogP contribution in [-0.2, 0) is 14.8 Å². The Balaban J connectivity index is 2.21. The average Bonchev–Trinajstić information content (AvgIpc) is 2.73. The summed E-state index contributed by atoms with van der Waals surface area (Å²) in [6, 6.07) is 9.26. The maximum Gasteiger partial charge on any atom is 0.338 e. The Morgan fingerprint density at radius 3 is 2.17 bits per heavy atom. The molecule has 30 heavy (non-hydrogen) atoms. The van der Waals surface area contributed by atoms with Crippen molar-refractivity contribution in [2.45, 2.75) is 32.1 Å². The number of amides is 1. The number of hydrogen-bond acceptors (Lipinski definition) is 5. The number of rotatable bonds is 9. The number of anilines is 1. The summed E-state index contributed by atoms with van der Waals surface area (Å²) in [6.45, 7) is 5.87. The van der Waals surface area contributed by atoms with Gasteiger partial charge >= 0.3 is 5.97 Å². The molecule has 0 bridgehead atoms. The fourth-order valence-corrected chi connectivity index (χ4v) is 4.26. The number of nitrogens with one attached hydrogen (secondary N) is 1. The highest BCUT2D eigenvalue weighted by atomic mass is 32.2. The lowest BCUT2D eigenvalue weighted by Gasteiger charge is -2.19. The Kier molecular flexibility index (Phi) is 8.08. The molecule has 0 heterocycles. The van der Waals surface area contributed by atoms with Gasteiger partial charge in [-0.05, 0) is 48.9 Å². The van der Waals surface area contributed by atoms with E-state index in [9.17, 15) is 22.4 Å². The highest BCUT2D eigenvalue weighted by Gasteiger charge is 2.26. The average molecular weight is 437 g/mol. The van der Waals surface area contributed by atoms with Crippen molar-refractivity contribution in [2.75, 3.05) is 25.0 Å². The van der Waals surface area contributed by atoms with Crippen molar-refractivity contribution in [3.05, 3.63) is 59.4 Å². The molecule has 0 unspecified atom stereocenters. The van der Waals surface area contributed by atoms with Gasteiger partial charge in [0.25, 0.3) is 5.91 Å². The second-order valence-electron chi connectivity index (χ2n) is 6.40. The number of carbonyl (C=O) groups excluding carboxylic acids is 2. The predicted octanol–water partition coefficient (Wildman–Crippen LogP) is 3.68. The predicted molar refractivity (Wildman–Crippen MR) is 111 cm³/mol. The molecule has 1 N–H and O–H groups in total. The molecule has 0 atom stereocenters. The van der Waals surface area contributed by atoms with Gasteiger partial charge in [0.05, 0.1) is 12.2 Å². The number of ether oxygens (including phenoxy) is 1. The summed E-state index contributed by atoms with van der Waals surface area (Å²) in [4.78, 5) is 23.8. The molecule has 2 aromatic rings. The minimum atomic E-state index is -4.06. The highest BCUT2D eigenvalue weighted by molar-refractivity contribution is 7.89. The van der Waals surface area contributed by atoms with Crippen LogP contribution >= 0.6 is 0 Å². The quantitative estimate of drug-likeness (QED) is 0.606. The van der Waals surface area contributed by atoms with Gasteiger partial charge < -0.3 is 10.1 Å². The zero-order valence-electron chi connectivity index (χ0n) is 17.1. The second kappa shape index (κ2) is 10.3. The van der Waals surface area contributed by atoms with Gasteiger partial charge in [-0.1, -0.05) is 20.8 Å². The van der Waals surface area contributed by atoms with Gasteiger partial charge in [-0.15, -0.1) is 0 Å². The van der Waals surface area contributed by atoms with E-state index in [0.29, 0.717) is 24.3 Å². The number of carbonyl (C=O) groups is 2. The van der Waals surface area contributed by atoms with E-state index in [1.165, 1.54) is 30.3 Å². The van der Waals surface area contributed by atoms with Gasteiger partial charge in [-0.25, -0.2) is 17.6 Å². The van der Waals surface area contributed by atoms with E-state index in [-0.39, 0.29) is 18.7 Å². The van der Waals surface area contributed by atoms with Crippen molar-refractivity contribution in [3.8, 4) is 0 Å². The monoisotopic (exact) mass is 436 g/mol. The van der Waals surface area contributed by atoms with Crippen molar-refractivity contribution in [1.82, 2.24) is 4.31 Å². The number of halogens is 1. The molecule has 0 aliphatic rings. The van der Waals surface area contributed by atoms with Gasteiger partial charge in [0.1, 0.15) is 10.7 Å². The first-order valence-electron chi connectivity index (χ1n) is 9.62. The fourth-order valence-electron chi connectivity index (χ4n) is 2.72. The maximum absolute atomic E-state index is 14.2. The van der Waals surface area contributed by atoms with Gasteiger partial charge in [0, 0.05) is 24.3 Å². The second-order valence-corrected chi connectivity index (χ2v) is 8.31. The summed E-state index contributed by atoms with van der Waals surface area (Å²) in [5.41, 5.74) is 0.730. The smallest absolute Gasteiger partial charge is 0.338 e. The number of benzene rings is 2. The van der Waals surface area contributed by atoms with E-state index in [1.54, 1.807) is 13.8 Å². The molecule has 1 amide bonds. The van der Waals surface area contributed by atoms with E-state index in [4.69, 9.17) is 4.74 Å². The first-order valence-corrected chi connectivity index (χ1v) is 11.1. The molecular weight excluding hydrogens is 411 g/mol. The minimum absolute atomic E-state index is 0.00596. The molecule has 0 radical (unpaired) electrons. The normalized spacial score (nSPS) is 11.4. The van der Waals surface area contributed by atoms with Crippen LogP contribution in [0.5, 0.6) is 0 Å². The zero-order chi connectivity index (χ0) is 22.3. The zero-order valence-corrected chi connectivity index (χ0v) is 18.0. The van der Waals surface area contributed by atoms with Gasteiger partial charge in [-0.2, -0.15) is 4.31 Å². The molecule has 0 spiro atoms. The van der Waals surface area contributed by atoms with Crippen molar-refractivity contribution in [1.29, 1.82) is 0 Å². The van der Waals surface area contributed by atoms with Crippen molar-refractivity contribution < 1.29 is 27.1 Å². The molecule has 0 aliphatic heterocycles. The van der Waals surface area contributed by atoms with Crippen LogP contribution in [0.15, 0.2) is 47.4 Å². The fraction of sp³-hybridized carbons (Fsp3) is 0.333. The molecule has 2 rings (SSSR count). The van der Waals surface area contributed by atoms with E-state index < -0.39 is 32.6 Å².